The number of nitriles is 1. The predicted molar refractivity (Wildman–Crippen MR) is 81.8 cm³/mol. The van der Waals surface area contributed by atoms with E-state index in [0.29, 0.717) is 5.56 Å². The highest BCUT2D eigenvalue weighted by atomic mass is 32.2. The summed E-state index contributed by atoms with van der Waals surface area (Å²) in [4.78, 5) is 15.1. The summed E-state index contributed by atoms with van der Waals surface area (Å²) in [6.07, 6.45) is 4.12. The van der Waals surface area contributed by atoms with Crippen molar-refractivity contribution < 1.29 is 4.79 Å². The van der Waals surface area contributed by atoms with E-state index in [9.17, 15) is 10.1 Å². The van der Waals surface area contributed by atoms with Crippen molar-refractivity contribution >= 4 is 23.4 Å². The van der Waals surface area contributed by atoms with Gasteiger partial charge in [0.15, 0.2) is 0 Å². The van der Waals surface area contributed by atoms with E-state index in [1.165, 1.54) is 11.8 Å². The van der Waals surface area contributed by atoms with Crippen molar-refractivity contribution in [1.82, 2.24) is 4.90 Å². The molecule has 1 N–H and O–H groups in total. The third-order valence-corrected chi connectivity index (χ3v) is 4.30. The molecule has 1 aromatic carbocycles. The zero-order valence-corrected chi connectivity index (χ0v) is 12.7. The Morgan fingerprint density at radius 2 is 2.15 bits per heavy atom. The summed E-state index contributed by atoms with van der Waals surface area (Å²) >= 11 is 1.54. The number of thioether (sulfide) groups is 1. The zero-order valence-electron chi connectivity index (χ0n) is 11.8. The van der Waals surface area contributed by atoms with Gasteiger partial charge < -0.3 is 10.2 Å². The van der Waals surface area contributed by atoms with Crippen LogP contribution in [0.1, 0.15) is 25.3 Å². The van der Waals surface area contributed by atoms with Gasteiger partial charge in [0, 0.05) is 18.0 Å². The molecule has 0 aliphatic carbocycles. The van der Waals surface area contributed by atoms with Gasteiger partial charge >= 0.3 is 0 Å². The molecule has 0 bridgehead atoms. The van der Waals surface area contributed by atoms with Crippen LogP contribution in [0.15, 0.2) is 23.1 Å². The number of hydrogen-bond donors (Lipinski definition) is 1. The minimum absolute atomic E-state index is 0.112. The Balaban J connectivity index is 2.13. The smallest absolute Gasteiger partial charge is 0.244 e. The molecule has 1 aliphatic heterocycles. The lowest BCUT2D eigenvalue weighted by Gasteiger charge is -2.22. The minimum atomic E-state index is -0.308. The Bertz CT molecular complexity index is 532. The van der Waals surface area contributed by atoms with Crippen LogP contribution < -0.4 is 5.32 Å². The molecule has 20 heavy (non-hydrogen) atoms. The van der Waals surface area contributed by atoms with Gasteiger partial charge in [-0.25, -0.2) is 0 Å². The van der Waals surface area contributed by atoms with Gasteiger partial charge in [0.25, 0.3) is 0 Å². The van der Waals surface area contributed by atoms with Crippen LogP contribution in [0, 0.1) is 11.3 Å². The first-order valence-electron chi connectivity index (χ1n) is 6.79. The molecule has 5 heteroatoms. The maximum absolute atomic E-state index is 12.3. The van der Waals surface area contributed by atoms with Crippen molar-refractivity contribution in [3.8, 4) is 6.07 Å². The molecular formula is C15H19N3OS. The van der Waals surface area contributed by atoms with Gasteiger partial charge in [-0.3, -0.25) is 4.79 Å². The van der Waals surface area contributed by atoms with Crippen LogP contribution in [-0.4, -0.2) is 36.2 Å². The molecule has 0 radical (unpaired) electrons. The average Bonchev–Trinajstić information content (AvgIpc) is 3.00. The highest BCUT2D eigenvalue weighted by Gasteiger charge is 2.23. The zero-order chi connectivity index (χ0) is 14.5. The molecular weight excluding hydrogens is 270 g/mol. The fourth-order valence-electron chi connectivity index (χ4n) is 2.44. The lowest BCUT2D eigenvalue weighted by Crippen LogP contribution is -2.39. The van der Waals surface area contributed by atoms with Gasteiger partial charge in [-0.15, -0.1) is 11.8 Å². The van der Waals surface area contributed by atoms with E-state index < -0.39 is 0 Å². The molecule has 1 fully saturated rings. The SMILES string of the molecule is CSc1cccc(NC(C)C(=O)N2CCCC2)c1C#N. The number of amides is 1. The number of carbonyl (C=O) groups is 1. The fraction of sp³-hybridized carbons (Fsp3) is 0.467. The molecule has 1 atom stereocenters. The summed E-state index contributed by atoms with van der Waals surface area (Å²) in [5.41, 5.74) is 1.35. The first kappa shape index (κ1) is 14.7. The van der Waals surface area contributed by atoms with Crippen molar-refractivity contribution in [2.45, 2.75) is 30.7 Å². The van der Waals surface area contributed by atoms with Crippen LogP contribution in [-0.2, 0) is 4.79 Å². The predicted octanol–water partition coefficient (Wildman–Crippen LogP) is 2.70. The van der Waals surface area contributed by atoms with Crippen molar-refractivity contribution in [2.75, 3.05) is 24.7 Å². The van der Waals surface area contributed by atoms with Gasteiger partial charge in [0.1, 0.15) is 12.1 Å². The van der Waals surface area contributed by atoms with Gasteiger partial charge in [-0.05, 0) is 38.2 Å². The summed E-state index contributed by atoms with van der Waals surface area (Å²) in [6.45, 7) is 3.55. The molecule has 1 heterocycles. The van der Waals surface area contributed by atoms with E-state index >= 15 is 0 Å². The Morgan fingerprint density at radius 3 is 2.75 bits per heavy atom. The molecule has 0 aromatic heterocycles. The number of hydrogen-bond acceptors (Lipinski definition) is 4. The topological polar surface area (TPSA) is 56.1 Å². The molecule has 0 saturated carbocycles. The van der Waals surface area contributed by atoms with Gasteiger partial charge in [-0.2, -0.15) is 5.26 Å². The number of carbonyl (C=O) groups excluding carboxylic acids is 1. The van der Waals surface area contributed by atoms with Crippen molar-refractivity contribution in [3.05, 3.63) is 23.8 Å². The van der Waals surface area contributed by atoms with Crippen molar-refractivity contribution in [1.29, 1.82) is 5.26 Å². The second-order valence-electron chi connectivity index (χ2n) is 4.89. The standard InChI is InChI=1S/C15H19N3OS/c1-11(15(19)18-8-3-4-9-18)17-13-6-5-7-14(20-2)12(13)10-16/h5-7,11,17H,3-4,8-9H2,1-2H3. The summed E-state index contributed by atoms with van der Waals surface area (Å²) in [5.74, 6) is 0.112. The van der Waals surface area contributed by atoms with Crippen LogP contribution in [0.3, 0.4) is 0 Å². The van der Waals surface area contributed by atoms with Crippen LogP contribution >= 0.6 is 11.8 Å². The number of benzene rings is 1. The molecule has 0 spiro atoms. The van der Waals surface area contributed by atoms with Gasteiger partial charge in [0.2, 0.25) is 5.91 Å². The second-order valence-corrected chi connectivity index (χ2v) is 5.74. The van der Waals surface area contributed by atoms with Crippen LogP contribution in [0.2, 0.25) is 0 Å². The molecule has 1 unspecified atom stereocenters. The van der Waals surface area contributed by atoms with Crippen molar-refractivity contribution in [3.63, 3.8) is 0 Å². The molecule has 4 nitrogen and oxygen atoms in total. The van der Waals surface area contributed by atoms with E-state index in [1.54, 1.807) is 0 Å². The Labute approximate surface area is 124 Å². The summed E-state index contributed by atoms with van der Waals surface area (Å²) in [6, 6.07) is 7.59. The third-order valence-electron chi connectivity index (χ3n) is 3.52. The van der Waals surface area contributed by atoms with Crippen LogP contribution in [0.5, 0.6) is 0 Å². The highest BCUT2D eigenvalue weighted by molar-refractivity contribution is 7.98. The van der Waals surface area contributed by atoms with E-state index in [2.05, 4.69) is 11.4 Å². The lowest BCUT2D eigenvalue weighted by molar-refractivity contribution is -0.130. The summed E-state index contributed by atoms with van der Waals surface area (Å²) in [5, 5.41) is 12.5. The number of likely N-dealkylation sites (tertiary alicyclic amines) is 1. The van der Waals surface area contributed by atoms with Gasteiger partial charge in [-0.1, -0.05) is 6.07 Å². The Morgan fingerprint density at radius 1 is 1.45 bits per heavy atom. The number of rotatable bonds is 4. The first-order chi connectivity index (χ1) is 9.67. The molecule has 2 rings (SSSR count). The normalized spacial score (nSPS) is 15.8. The molecule has 1 aromatic rings. The quantitative estimate of drug-likeness (QED) is 0.866. The number of nitrogens with zero attached hydrogens (tertiary/aromatic N) is 2. The van der Waals surface area contributed by atoms with E-state index in [1.807, 2.05) is 36.3 Å². The van der Waals surface area contributed by atoms with Crippen LogP contribution in [0.25, 0.3) is 0 Å². The first-order valence-corrected chi connectivity index (χ1v) is 8.02. The largest absolute Gasteiger partial charge is 0.373 e. The maximum atomic E-state index is 12.3. The minimum Gasteiger partial charge on any atom is -0.373 e. The van der Waals surface area contributed by atoms with E-state index in [-0.39, 0.29) is 11.9 Å². The number of nitrogens with one attached hydrogen (secondary N) is 1. The summed E-state index contributed by atoms with van der Waals surface area (Å²) < 4.78 is 0. The molecule has 106 valence electrons. The highest BCUT2D eigenvalue weighted by Crippen LogP contribution is 2.27. The molecule has 1 saturated heterocycles. The van der Waals surface area contributed by atoms with Crippen molar-refractivity contribution in [2.24, 2.45) is 0 Å². The molecule has 1 amide bonds. The average molecular weight is 289 g/mol. The van der Waals surface area contributed by atoms with E-state index in [0.717, 1.165) is 36.5 Å². The lowest BCUT2D eigenvalue weighted by atomic mass is 10.1. The maximum Gasteiger partial charge on any atom is 0.244 e. The van der Waals surface area contributed by atoms with Gasteiger partial charge in [0.05, 0.1) is 11.3 Å². The Kier molecular flexibility index (Phi) is 4.91. The Hall–Kier alpha value is -1.67. The summed E-state index contributed by atoms with van der Waals surface area (Å²) in [7, 11) is 0. The monoisotopic (exact) mass is 289 g/mol. The van der Waals surface area contributed by atoms with E-state index in [4.69, 9.17) is 0 Å². The third kappa shape index (κ3) is 3.07. The second kappa shape index (κ2) is 6.67. The fourth-order valence-corrected chi connectivity index (χ4v) is 3.02. The van der Waals surface area contributed by atoms with Crippen LogP contribution in [0.4, 0.5) is 5.69 Å². The number of anilines is 1. The molecule has 1 aliphatic rings.